The van der Waals surface area contributed by atoms with Gasteiger partial charge in [0.15, 0.2) is 0 Å². The van der Waals surface area contributed by atoms with Gasteiger partial charge in [-0.25, -0.2) is 0 Å². The van der Waals surface area contributed by atoms with Gasteiger partial charge in [-0.15, -0.1) is 0 Å². The van der Waals surface area contributed by atoms with Gasteiger partial charge < -0.3 is 10.3 Å². The number of thioether (sulfide) groups is 1. The third-order valence-electron chi connectivity index (χ3n) is 2.43. The summed E-state index contributed by atoms with van der Waals surface area (Å²) in [5, 5.41) is 7.01. The normalized spacial score (nSPS) is 10.3. The van der Waals surface area contributed by atoms with Crippen molar-refractivity contribution in [1.29, 1.82) is 0 Å². The van der Waals surface area contributed by atoms with Crippen LogP contribution in [-0.2, 0) is 5.75 Å². The third-order valence-corrected chi connectivity index (χ3v) is 4.19. The Balaban J connectivity index is 1.66. The molecule has 0 spiro atoms. The summed E-state index contributed by atoms with van der Waals surface area (Å²) in [5.41, 5.74) is 1.59. The molecule has 0 aliphatic heterocycles. The highest BCUT2D eigenvalue weighted by Crippen LogP contribution is 2.14. The minimum absolute atomic E-state index is 0.160. The summed E-state index contributed by atoms with van der Waals surface area (Å²) in [6.45, 7) is 0.618. The Kier molecular flexibility index (Phi) is 5.23. The first-order valence-electron chi connectivity index (χ1n) is 5.81. The zero-order chi connectivity index (χ0) is 13.5. The first-order chi connectivity index (χ1) is 9.25. The Morgan fingerprint density at radius 1 is 1.37 bits per heavy atom. The van der Waals surface area contributed by atoms with Gasteiger partial charge in [0.05, 0.1) is 5.56 Å². The van der Waals surface area contributed by atoms with Crippen LogP contribution in [0, 0.1) is 0 Å². The zero-order valence-corrected chi connectivity index (χ0v) is 11.9. The maximum atomic E-state index is 11.7. The number of amides is 1. The molecule has 0 aromatic carbocycles. The zero-order valence-electron chi connectivity index (χ0n) is 10.2. The van der Waals surface area contributed by atoms with Crippen molar-refractivity contribution >= 4 is 29.0 Å². The first-order valence-corrected chi connectivity index (χ1v) is 7.91. The fourth-order valence-corrected chi connectivity index (χ4v) is 3.04. The summed E-state index contributed by atoms with van der Waals surface area (Å²) < 4.78 is 0. The fourth-order valence-electron chi connectivity index (χ4n) is 1.46. The number of hydrogen-bond donors (Lipinski definition) is 2. The molecule has 0 bridgehead atoms. The van der Waals surface area contributed by atoms with Gasteiger partial charge in [0.25, 0.3) is 5.91 Å². The number of aromatic amines is 1. The van der Waals surface area contributed by atoms with E-state index in [4.69, 9.17) is 0 Å². The number of nitrogens with one attached hydrogen (secondary N) is 2. The largest absolute Gasteiger partial charge is 0.351 e. The van der Waals surface area contributed by atoms with Gasteiger partial charge in [0.2, 0.25) is 5.56 Å². The summed E-state index contributed by atoms with van der Waals surface area (Å²) in [5.74, 6) is 1.68. The highest BCUT2D eigenvalue weighted by Gasteiger charge is 2.04. The van der Waals surface area contributed by atoms with Gasteiger partial charge in [-0.1, -0.05) is 0 Å². The number of aromatic nitrogens is 1. The fraction of sp³-hybridized carbons (Fsp3) is 0.231. The van der Waals surface area contributed by atoms with E-state index in [-0.39, 0.29) is 11.5 Å². The lowest BCUT2D eigenvalue weighted by Crippen LogP contribution is -2.26. The van der Waals surface area contributed by atoms with Crippen molar-refractivity contribution in [1.82, 2.24) is 10.3 Å². The molecule has 0 atom stereocenters. The van der Waals surface area contributed by atoms with E-state index in [1.54, 1.807) is 23.1 Å². The Morgan fingerprint density at radius 2 is 2.26 bits per heavy atom. The number of rotatable bonds is 6. The second-order valence-electron chi connectivity index (χ2n) is 3.88. The van der Waals surface area contributed by atoms with Gasteiger partial charge in [-0.05, 0) is 28.5 Å². The van der Waals surface area contributed by atoms with Crippen LogP contribution in [0.15, 0.2) is 40.0 Å². The minimum atomic E-state index is -0.206. The number of hydrogen-bond acceptors (Lipinski definition) is 4. The molecular formula is C13H14N2O2S2. The van der Waals surface area contributed by atoms with E-state index in [9.17, 15) is 9.59 Å². The number of pyridine rings is 1. The number of carbonyl (C=O) groups excluding carboxylic acids is 1. The molecule has 0 fully saturated rings. The van der Waals surface area contributed by atoms with Gasteiger partial charge in [-0.2, -0.15) is 23.1 Å². The highest BCUT2D eigenvalue weighted by molar-refractivity contribution is 7.98. The maximum absolute atomic E-state index is 11.7. The van der Waals surface area contributed by atoms with Crippen LogP contribution in [0.4, 0.5) is 0 Å². The molecule has 2 N–H and O–H groups in total. The van der Waals surface area contributed by atoms with Crippen molar-refractivity contribution in [3.05, 3.63) is 56.6 Å². The van der Waals surface area contributed by atoms with Crippen LogP contribution in [0.5, 0.6) is 0 Å². The van der Waals surface area contributed by atoms with Crippen LogP contribution in [0.1, 0.15) is 15.9 Å². The average Bonchev–Trinajstić information content (AvgIpc) is 2.92. The summed E-state index contributed by atoms with van der Waals surface area (Å²) >= 11 is 3.48. The van der Waals surface area contributed by atoms with Crippen molar-refractivity contribution in [3.63, 3.8) is 0 Å². The number of H-pyrrole nitrogens is 1. The summed E-state index contributed by atoms with van der Waals surface area (Å²) in [6.07, 6.45) is 1.43. The Hall–Kier alpha value is -1.53. The van der Waals surface area contributed by atoms with Crippen molar-refractivity contribution < 1.29 is 4.79 Å². The molecule has 0 aliphatic rings. The van der Waals surface area contributed by atoms with E-state index in [0.717, 1.165) is 11.5 Å². The van der Waals surface area contributed by atoms with E-state index in [1.165, 1.54) is 23.9 Å². The second kappa shape index (κ2) is 7.16. The third kappa shape index (κ3) is 4.57. The molecule has 2 heterocycles. The molecule has 6 heteroatoms. The monoisotopic (exact) mass is 294 g/mol. The summed E-state index contributed by atoms with van der Waals surface area (Å²) in [6, 6.07) is 4.98. The van der Waals surface area contributed by atoms with E-state index in [1.807, 2.05) is 0 Å². The molecular weight excluding hydrogens is 280 g/mol. The molecule has 100 valence electrons. The van der Waals surface area contributed by atoms with Crippen molar-refractivity contribution in [2.45, 2.75) is 5.75 Å². The standard InChI is InChI=1S/C13H14N2O2S2/c16-12-2-1-11(7-15-12)13(17)14-4-6-19-9-10-3-5-18-8-10/h1-3,5,7-8H,4,6,9H2,(H,14,17)(H,15,16). The topological polar surface area (TPSA) is 62.0 Å². The van der Waals surface area contributed by atoms with Gasteiger partial charge in [0, 0.05) is 30.3 Å². The molecule has 0 saturated heterocycles. The van der Waals surface area contributed by atoms with Gasteiger partial charge in [0.1, 0.15) is 0 Å². The molecule has 0 aliphatic carbocycles. The predicted molar refractivity (Wildman–Crippen MR) is 79.9 cm³/mol. The summed E-state index contributed by atoms with van der Waals surface area (Å²) in [4.78, 5) is 25.1. The van der Waals surface area contributed by atoms with Crippen LogP contribution in [0.2, 0.25) is 0 Å². The number of carbonyl (C=O) groups is 1. The average molecular weight is 294 g/mol. The molecule has 4 nitrogen and oxygen atoms in total. The Morgan fingerprint density at radius 3 is 2.95 bits per heavy atom. The second-order valence-corrected chi connectivity index (χ2v) is 5.77. The van der Waals surface area contributed by atoms with Crippen molar-refractivity contribution in [3.8, 4) is 0 Å². The van der Waals surface area contributed by atoms with Crippen LogP contribution in [0.25, 0.3) is 0 Å². The van der Waals surface area contributed by atoms with Gasteiger partial charge in [-0.3, -0.25) is 9.59 Å². The molecule has 0 saturated carbocycles. The van der Waals surface area contributed by atoms with Crippen LogP contribution in [0.3, 0.4) is 0 Å². The molecule has 0 unspecified atom stereocenters. The maximum Gasteiger partial charge on any atom is 0.252 e. The van der Waals surface area contributed by atoms with Crippen LogP contribution < -0.4 is 10.9 Å². The number of thiophene rings is 1. The minimum Gasteiger partial charge on any atom is -0.351 e. The molecule has 1 amide bonds. The lowest BCUT2D eigenvalue weighted by molar-refractivity contribution is 0.0956. The smallest absolute Gasteiger partial charge is 0.252 e. The van der Waals surface area contributed by atoms with E-state index in [0.29, 0.717) is 12.1 Å². The molecule has 0 radical (unpaired) electrons. The van der Waals surface area contributed by atoms with Crippen molar-refractivity contribution in [2.75, 3.05) is 12.3 Å². The lowest BCUT2D eigenvalue weighted by Gasteiger charge is -2.04. The lowest BCUT2D eigenvalue weighted by atomic mass is 10.3. The molecule has 19 heavy (non-hydrogen) atoms. The Bertz CT molecular complexity index is 558. The quantitative estimate of drug-likeness (QED) is 0.802. The first kappa shape index (κ1) is 13.9. The van der Waals surface area contributed by atoms with Crippen LogP contribution in [-0.4, -0.2) is 23.2 Å². The SMILES string of the molecule is O=C(NCCSCc1ccsc1)c1ccc(=O)[nH]c1. The van der Waals surface area contributed by atoms with E-state index in [2.05, 4.69) is 27.1 Å². The molecule has 2 aromatic rings. The molecule has 2 rings (SSSR count). The Labute approximate surface area is 119 Å². The van der Waals surface area contributed by atoms with Gasteiger partial charge >= 0.3 is 0 Å². The summed E-state index contributed by atoms with van der Waals surface area (Å²) in [7, 11) is 0. The predicted octanol–water partition coefficient (Wildman–Crippen LogP) is 2.10. The van der Waals surface area contributed by atoms with Crippen LogP contribution >= 0.6 is 23.1 Å². The van der Waals surface area contributed by atoms with E-state index < -0.39 is 0 Å². The van der Waals surface area contributed by atoms with E-state index >= 15 is 0 Å². The molecule has 2 aromatic heterocycles. The van der Waals surface area contributed by atoms with Crippen molar-refractivity contribution in [2.24, 2.45) is 0 Å². The highest BCUT2D eigenvalue weighted by atomic mass is 32.2.